The molecule has 0 fully saturated rings. The maximum absolute atomic E-state index is 12.1. The first kappa shape index (κ1) is 11.9. The summed E-state index contributed by atoms with van der Waals surface area (Å²) in [5.41, 5.74) is 1.24. The molecule has 0 aromatic heterocycles. The second-order valence-corrected chi connectivity index (χ2v) is 4.18. The van der Waals surface area contributed by atoms with E-state index in [0.717, 1.165) is 0 Å². The predicted molar refractivity (Wildman–Crippen MR) is 67.6 cm³/mol. The Bertz CT molecular complexity index is 517. The topological polar surface area (TPSA) is 43.4 Å². The van der Waals surface area contributed by atoms with Gasteiger partial charge < -0.3 is 4.74 Å². The lowest BCUT2D eigenvalue weighted by Crippen LogP contribution is -2.22. The van der Waals surface area contributed by atoms with E-state index < -0.39 is 0 Å². The molecule has 4 heteroatoms. The molecule has 1 aliphatic rings. The van der Waals surface area contributed by atoms with Crippen LogP contribution in [-0.2, 0) is 4.74 Å². The Morgan fingerprint density at radius 3 is 2.29 bits per heavy atom. The van der Waals surface area contributed by atoms with Gasteiger partial charge >= 0.3 is 0 Å². The molecule has 0 N–H and O–H groups in total. The van der Waals surface area contributed by atoms with E-state index in [1.165, 1.54) is 0 Å². The summed E-state index contributed by atoms with van der Waals surface area (Å²) in [4.78, 5) is 24.1. The van der Waals surface area contributed by atoms with Gasteiger partial charge in [0.25, 0.3) is 0 Å². The molecule has 0 saturated heterocycles. The number of ketones is 2. The fraction of sp³-hybridized carbons (Fsp3) is 0.231. The standard InChI is InChI=1S/C13H12O3S/c1-8-11(14)9-4-2-3-5-10(9)12(15)13(8)16-6-7-17/h2-5,17H,6-7H2,1H3. The molecule has 0 atom stereocenters. The Hall–Kier alpha value is -1.55. The monoisotopic (exact) mass is 248 g/mol. The molecule has 0 heterocycles. The number of hydrogen-bond acceptors (Lipinski definition) is 4. The SMILES string of the molecule is CC1=C(OCCS)C(=O)c2ccccc2C1=O. The van der Waals surface area contributed by atoms with E-state index in [1.54, 1.807) is 31.2 Å². The van der Waals surface area contributed by atoms with Crippen LogP contribution in [0.25, 0.3) is 0 Å². The van der Waals surface area contributed by atoms with Crippen molar-refractivity contribution in [3.8, 4) is 0 Å². The van der Waals surface area contributed by atoms with Crippen molar-refractivity contribution in [2.45, 2.75) is 6.92 Å². The maximum Gasteiger partial charge on any atom is 0.228 e. The summed E-state index contributed by atoms with van der Waals surface area (Å²) in [7, 11) is 0. The lowest BCUT2D eigenvalue weighted by Gasteiger charge is -2.18. The molecule has 3 nitrogen and oxygen atoms in total. The number of benzene rings is 1. The van der Waals surface area contributed by atoms with E-state index in [4.69, 9.17) is 4.74 Å². The number of Topliss-reactive ketones (excluding diaryl/α,β-unsaturated/α-hetero) is 2. The van der Waals surface area contributed by atoms with E-state index in [1.807, 2.05) is 0 Å². The van der Waals surface area contributed by atoms with Crippen LogP contribution in [0.3, 0.4) is 0 Å². The molecule has 2 rings (SSSR count). The second kappa shape index (κ2) is 4.75. The van der Waals surface area contributed by atoms with Crippen LogP contribution in [0.1, 0.15) is 27.6 Å². The number of allylic oxidation sites excluding steroid dienone is 2. The molecular formula is C13H12O3S. The minimum Gasteiger partial charge on any atom is -0.488 e. The number of ether oxygens (including phenoxy) is 1. The summed E-state index contributed by atoms with van der Waals surface area (Å²) < 4.78 is 5.32. The minimum atomic E-state index is -0.223. The van der Waals surface area contributed by atoms with Crippen LogP contribution in [0.2, 0.25) is 0 Å². The highest BCUT2D eigenvalue weighted by Gasteiger charge is 2.30. The summed E-state index contributed by atoms with van der Waals surface area (Å²) in [6, 6.07) is 6.79. The Morgan fingerprint density at radius 2 is 1.71 bits per heavy atom. The summed E-state index contributed by atoms with van der Waals surface area (Å²) in [5.74, 6) is 0.288. The zero-order valence-electron chi connectivity index (χ0n) is 9.40. The molecule has 1 aliphatic carbocycles. The van der Waals surface area contributed by atoms with Gasteiger partial charge in [-0.1, -0.05) is 24.3 Å². The van der Waals surface area contributed by atoms with E-state index in [-0.39, 0.29) is 17.3 Å². The van der Waals surface area contributed by atoms with Crippen molar-refractivity contribution in [3.63, 3.8) is 0 Å². The lowest BCUT2D eigenvalue weighted by atomic mass is 9.89. The Morgan fingerprint density at radius 1 is 1.12 bits per heavy atom. The quantitative estimate of drug-likeness (QED) is 0.835. The zero-order chi connectivity index (χ0) is 12.4. The molecule has 1 aromatic rings. The molecule has 0 saturated carbocycles. The summed E-state index contributed by atoms with van der Waals surface area (Å²) >= 11 is 4.01. The zero-order valence-corrected chi connectivity index (χ0v) is 10.3. The molecule has 17 heavy (non-hydrogen) atoms. The number of carbonyl (C=O) groups is 2. The number of thiol groups is 1. The normalized spacial score (nSPS) is 14.9. The Labute approximate surface area is 105 Å². The fourth-order valence-electron chi connectivity index (χ4n) is 1.80. The van der Waals surface area contributed by atoms with Crippen molar-refractivity contribution in [3.05, 3.63) is 46.7 Å². The van der Waals surface area contributed by atoms with Crippen molar-refractivity contribution in [1.29, 1.82) is 0 Å². The molecule has 0 spiro atoms. The molecule has 0 unspecified atom stereocenters. The molecule has 0 amide bonds. The van der Waals surface area contributed by atoms with E-state index in [0.29, 0.717) is 29.1 Å². The van der Waals surface area contributed by atoms with Gasteiger partial charge in [0.1, 0.15) is 0 Å². The van der Waals surface area contributed by atoms with Crippen molar-refractivity contribution in [2.24, 2.45) is 0 Å². The average Bonchev–Trinajstić information content (AvgIpc) is 2.36. The van der Waals surface area contributed by atoms with Gasteiger partial charge in [0.2, 0.25) is 5.78 Å². The highest BCUT2D eigenvalue weighted by atomic mass is 32.1. The summed E-state index contributed by atoms with van der Waals surface area (Å²) in [6.07, 6.45) is 0. The number of hydrogen-bond donors (Lipinski definition) is 1. The first-order valence-electron chi connectivity index (χ1n) is 5.29. The van der Waals surface area contributed by atoms with E-state index >= 15 is 0 Å². The molecule has 1 aromatic carbocycles. The number of carbonyl (C=O) groups excluding carboxylic acids is 2. The lowest BCUT2D eigenvalue weighted by molar-refractivity contribution is 0.0882. The third kappa shape index (κ3) is 2.00. The van der Waals surface area contributed by atoms with Crippen LogP contribution < -0.4 is 0 Å². The molecule has 0 aliphatic heterocycles. The van der Waals surface area contributed by atoms with Gasteiger partial charge in [0.05, 0.1) is 6.61 Å². The van der Waals surface area contributed by atoms with Gasteiger partial charge in [-0.15, -0.1) is 0 Å². The van der Waals surface area contributed by atoms with Gasteiger partial charge in [-0.2, -0.15) is 12.6 Å². The van der Waals surface area contributed by atoms with Crippen molar-refractivity contribution < 1.29 is 14.3 Å². The van der Waals surface area contributed by atoms with Crippen LogP contribution in [0, 0.1) is 0 Å². The predicted octanol–water partition coefficient (Wildman–Crippen LogP) is 2.29. The summed E-state index contributed by atoms with van der Waals surface area (Å²) in [6.45, 7) is 1.93. The first-order valence-corrected chi connectivity index (χ1v) is 5.93. The van der Waals surface area contributed by atoms with E-state index in [2.05, 4.69) is 12.6 Å². The largest absolute Gasteiger partial charge is 0.488 e. The molecular weight excluding hydrogens is 236 g/mol. The van der Waals surface area contributed by atoms with Gasteiger partial charge in [0.15, 0.2) is 11.5 Å². The van der Waals surface area contributed by atoms with Crippen LogP contribution in [-0.4, -0.2) is 23.9 Å². The Kier molecular flexibility index (Phi) is 3.33. The fourth-order valence-corrected chi connectivity index (χ4v) is 1.89. The van der Waals surface area contributed by atoms with Crippen molar-refractivity contribution in [1.82, 2.24) is 0 Å². The average molecular weight is 248 g/mol. The maximum atomic E-state index is 12.1. The van der Waals surface area contributed by atoms with Crippen LogP contribution >= 0.6 is 12.6 Å². The summed E-state index contributed by atoms with van der Waals surface area (Å²) in [5, 5.41) is 0. The smallest absolute Gasteiger partial charge is 0.228 e. The van der Waals surface area contributed by atoms with Gasteiger partial charge in [-0.05, 0) is 6.92 Å². The van der Waals surface area contributed by atoms with Gasteiger partial charge in [0, 0.05) is 22.5 Å². The van der Waals surface area contributed by atoms with E-state index in [9.17, 15) is 9.59 Å². The van der Waals surface area contributed by atoms with Gasteiger partial charge in [-0.25, -0.2) is 0 Å². The van der Waals surface area contributed by atoms with Crippen molar-refractivity contribution in [2.75, 3.05) is 12.4 Å². The Balaban J connectivity index is 2.47. The molecule has 0 radical (unpaired) electrons. The van der Waals surface area contributed by atoms with Crippen molar-refractivity contribution >= 4 is 24.2 Å². The van der Waals surface area contributed by atoms with Gasteiger partial charge in [-0.3, -0.25) is 9.59 Å². The molecule has 88 valence electrons. The number of fused-ring (bicyclic) bond motifs is 1. The minimum absolute atomic E-state index is 0.144. The third-order valence-corrected chi connectivity index (χ3v) is 2.82. The second-order valence-electron chi connectivity index (χ2n) is 3.73. The number of rotatable bonds is 3. The first-order chi connectivity index (χ1) is 8.16. The highest BCUT2D eigenvalue weighted by Crippen LogP contribution is 2.26. The van der Waals surface area contributed by atoms with Crippen LogP contribution in [0.4, 0.5) is 0 Å². The highest BCUT2D eigenvalue weighted by molar-refractivity contribution is 7.80. The molecule has 0 bridgehead atoms. The van der Waals surface area contributed by atoms with Crippen LogP contribution in [0.15, 0.2) is 35.6 Å². The third-order valence-electron chi connectivity index (χ3n) is 2.64. The van der Waals surface area contributed by atoms with Crippen LogP contribution in [0.5, 0.6) is 0 Å².